The topological polar surface area (TPSA) is 70.6 Å². The van der Waals surface area contributed by atoms with Crippen LogP contribution in [0.2, 0.25) is 0 Å². The standard InChI is InChI=1S/C28H32N4O3S/c1-35-25-10-6-5-9-24(25)30-15-17-31(18-16-30)26(33)21-11-12-22-23(19-21)29-28(36)32(27(22)34)14-13-20-7-3-2-4-8-20/h5-7,9-12,19H,2-4,8,13-18H2,1H3,(H,29,36). The van der Waals surface area contributed by atoms with Gasteiger partial charge in [0.15, 0.2) is 4.77 Å². The van der Waals surface area contributed by atoms with Crippen LogP contribution in [0.5, 0.6) is 5.75 Å². The molecule has 2 aromatic carbocycles. The Kier molecular flexibility index (Phi) is 7.23. The Hall–Kier alpha value is -3.39. The lowest BCUT2D eigenvalue weighted by molar-refractivity contribution is 0.0747. The van der Waals surface area contributed by atoms with Crippen LogP contribution < -0.4 is 15.2 Å². The minimum atomic E-state index is -0.102. The zero-order chi connectivity index (χ0) is 25.1. The second-order valence-electron chi connectivity index (χ2n) is 9.46. The van der Waals surface area contributed by atoms with Crippen LogP contribution in [0.3, 0.4) is 0 Å². The Morgan fingerprint density at radius 3 is 2.64 bits per heavy atom. The summed E-state index contributed by atoms with van der Waals surface area (Å²) < 4.78 is 7.54. The van der Waals surface area contributed by atoms with Gasteiger partial charge in [0.2, 0.25) is 0 Å². The number of rotatable bonds is 6. The van der Waals surface area contributed by atoms with E-state index in [1.54, 1.807) is 29.9 Å². The minimum absolute atomic E-state index is 0.0377. The number of methoxy groups -OCH3 is 1. The lowest BCUT2D eigenvalue weighted by atomic mass is 9.97. The maximum atomic E-state index is 13.3. The number of nitrogens with one attached hydrogen (secondary N) is 1. The normalized spacial score (nSPS) is 16.2. The summed E-state index contributed by atoms with van der Waals surface area (Å²) in [5.41, 5.74) is 3.52. The number of amides is 1. The monoisotopic (exact) mass is 504 g/mol. The number of piperazine rings is 1. The van der Waals surface area contributed by atoms with Crippen LogP contribution in [0, 0.1) is 4.77 Å². The van der Waals surface area contributed by atoms with Crippen LogP contribution in [-0.2, 0) is 6.54 Å². The van der Waals surface area contributed by atoms with Gasteiger partial charge in [-0.05, 0) is 74.7 Å². The van der Waals surface area contributed by atoms with E-state index < -0.39 is 0 Å². The van der Waals surface area contributed by atoms with Crippen molar-refractivity contribution < 1.29 is 9.53 Å². The summed E-state index contributed by atoms with van der Waals surface area (Å²) in [7, 11) is 1.67. The van der Waals surface area contributed by atoms with Crippen LogP contribution in [0.1, 0.15) is 42.5 Å². The fourth-order valence-corrected chi connectivity index (χ4v) is 5.49. The van der Waals surface area contributed by atoms with Crippen molar-refractivity contribution in [1.29, 1.82) is 0 Å². The zero-order valence-corrected chi connectivity index (χ0v) is 21.5. The molecule has 2 aliphatic rings. The molecule has 1 aliphatic carbocycles. The number of carbonyl (C=O) groups excluding carboxylic acids is 1. The number of para-hydroxylation sites is 2. The molecule has 3 aromatic rings. The second kappa shape index (κ2) is 10.7. The molecule has 0 bridgehead atoms. The number of aromatic nitrogens is 2. The van der Waals surface area contributed by atoms with Gasteiger partial charge in [-0.2, -0.15) is 0 Å². The number of hydrogen-bond acceptors (Lipinski definition) is 5. The van der Waals surface area contributed by atoms with E-state index in [4.69, 9.17) is 17.0 Å². The van der Waals surface area contributed by atoms with Crippen molar-refractivity contribution in [3.8, 4) is 5.75 Å². The fourth-order valence-electron chi connectivity index (χ4n) is 5.20. The largest absolute Gasteiger partial charge is 0.495 e. The molecule has 1 saturated heterocycles. The average Bonchev–Trinajstić information content (AvgIpc) is 2.93. The molecule has 5 rings (SSSR count). The number of H-pyrrole nitrogens is 1. The van der Waals surface area contributed by atoms with E-state index in [-0.39, 0.29) is 11.5 Å². The molecule has 1 amide bonds. The number of allylic oxidation sites excluding steroid dienone is 2. The highest BCUT2D eigenvalue weighted by atomic mass is 32.1. The summed E-state index contributed by atoms with van der Waals surface area (Å²) in [5.74, 6) is 0.799. The number of anilines is 1. The molecule has 8 heteroatoms. The molecule has 0 atom stereocenters. The molecular formula is C28H32N4O3S. The smallest absolute Gasteiger partial charge is 0.262 e. The van der Waals surface area contributed by atoms with Crippen LogP contribution >= 0.6 is 12.2 Å². The third-order valence-corrected chi connectivity index (χ3v) is 7.59. The summed E-state index contributed by atoms with van der Waals surface area (Å²) in [6.45, 7) is 3.25. The predicted octanol–water partition coefficient (Wildman–Crippen LogP) is 4.92. The molecular weight excluding hydrogens is 472 g/mol. The summed E-state index contributed by atoms with van der Waals surface area (Å²) in [6.07, 6.45) is 7.85. The average molecular weight is 505 g/mol. The van der Waals surface area contributed by atoms with Crippen LogP contribution in [0.4, 0.5) is 5.69 Å². The van der Waals surface area contributed by atoms with Gasteiger partial charge >= 0.3 is 0 Å². The molecule has 1 fully saturated rings. The van der Waals surface area contributed by atoms with E-state index in [2.05, 4.69) is 16.0 Å². The number of aromatic amines is 1. The van der Waals surface area contributed by atoms with Gasteiger partial charge in [-0.25, -0.2) is 0 Å². The Morgan fingerprint density at radius 1 is 1.08 bits per heavy atom. The molecule has 1 aromatic heterocycles. The summed E-state index contributed by atoms with van der Waals surface area (Å²) >= 11 is 5.52. The first-order valence-electron chi connectivity index (χ1n) is 12.7. The molecule has 1 aliphatic heterocycles. The van der Waals surface area contributed by atoms with Crippen molar-refractivity contribution in [1.82, 2.24) is 14.5 Å². The summed E-state index contributed by atoms with van der Waals surface area (Å²) in [4.78, 5) is 33.7. The van der Waals surface area contributed by atoms with Crippen LogP contribution in [0.25, 0.3) is 10.9 Å². The Labute approximate surface area is 216 Å². The first-order valence-corrected chi connectivity index (χ1v) is 13.1. The van der Waals surface area contributed by atoms with Crippen molar-refractivity contribution >= 4 is 34.7 Å². The number of ether oxygens (including phenoxy) is 1. The maximum Gasteiger partial charge on any atom is 0.262 e. The highest BCUT2D eigenvalue weighted by molar-refractivity contribution is 7.71. The Balaban J connectivity index is 1.30. The molecule has 0 spiro atoms. The van der Waals surface area contributed by atoms with Crippen molar-refractivity contribution in [3.05, 3.63) is 74.8 Å². The number of nitrogens with zero attached hydrogens (tertiary/aromatic N) is 3. The molecule has 1 N–H and O–H groups in total. The fraction of sp³-hybridized carbons (Fsp3) is 0.393. The van der Waals surface area contributed by atoms with Crippen molar-refractivity contribution in [2.45, 2.75) is 38.6 Å². The van der Waals surface area contributed by atoms with E-state index in [1.165, 1.54) is 18.4 Å². The van der Waals surface area contributed by atoms with Gasteiger partial charge in [0.25, 0.3) is 11.5 Å². The van der Waals surface area contributed by atoms with Crippen molar-refractivity contribution in [3.63, 3.8) is 0 Å². The highest BCUT2D eigenvalue weighted by Crippen LogP contribution is 2.28. The van der Waals surface area contributed by atoms with Gasteiger partial charge < -0.3 is 19.5 Å². The molecule has 0 unspecified atom stereocenters. The van der Waals surface area contributed by atoms with Crippen LogP contribution in [-0.4, -0.2) is 53.6 Å². The Bertz CT molecular complexity index is 1420. The molecule has 188 valence electrons. The zero-order valence-electron chi connectivity index (χ0n) is 20.7. The molecule has 0 saturated carbocycles. The van der Waals surface area contributed by atoms with E-state index in [0.717, 1.165) is 43.8 Å². The second-order valence-corrected chi connectivity index (χ2v) is 9.84. The molecule has 2 heterocycles. The third kappa shape index (κ3) is 4.95. The van der Waals surface area contributed by atoms with E-state index >= 15 is 0 Å². The van der Waals surface area contributed by atoms with Crippen molar-refractivity contribution in [2.75, 3.05) is 38.2 Å². The lowest BCUT2D eigenvalue weighted by Crippen LogP contribution is -2.48. The van der Waals surface area contributed by atoms with Gasteiger partial charge in [-0.3, -0.25) is 14.2 Å². The van der Waals surface area contributed by atoms with E-state index in [9.17, 15) is 9.59 Å². The molecule has 0 radical (unpaired) electrons. The minimum Gasteiger partial charge on any atom is -0.495 e. The van der Waals surface area contributed by atoms with Gasteiger partial charge in [0.1, 0.15) is 5.75 Å². The van der Waals surface area contributed by atoms with Gasteiger partial charge in [0, 0.05) is 38.3 Å². The van der Waals surface area contributed by atoms with Crippen molar-refractivity contribution in [2.24, 2.45) is 0 Å². The van der Waals surface area contributed by atoms with E-state index in [0.29, 0.717) is 40.9 Å². The number of fused-ring (bicyclic) bond motifs is 1. The SMILES string of the molecule is COc1ccccc1N1CCN(C(=O)c2ccc3c(=O)n(CCC4=CCCCC4)c(=S)[nH]c3c2)CC1. The number of hydrogen-bond donors (Lipinski definition) is 1. The number of benzene rings is 2. The number of carbonyl (C=O) groups is 1. The van der Waals surface area contributed by atoms with Gasteiger partial charge in [0.05, 0.1) is 23.7 Å². The molecule has 36 heavy (non-hydrogen) atoms. The van der Waals surface area contributed by atoms with E-state index in [1.807, 2.05) is 29.2 Å². The van der Waals surface area contributed by atoms with Gasteiger partial charge in [-0.15, -0.1) is 0 Å². The summed E-state index contributed by atoms with van der Waals surface area (Å²) in [5, 5.41) is 0.554. The first kappa shape index (κ1) is 24.3. The third-order valence-electron chi connectivity index (χ3n) is 7.26. The highest BCUT2D eigenvalue weighted by Gasteiger charge is 2.24. The summed E-state index contributed by atoms with van der Waals surface area (Å²) in [6, 6.07) is 13.2. The first-order chi connectivity index (χ1) is 17.5. The quantitative estimate of drug-likeness (QED) is 0.381. The molecule has 7 nitrogen and oxygen atoms in total. The maximum absolute atomic E-state index is 13.3. The Morgan fingerprint density at radius 2 is 1.89 bits per heavy atom. The van der Waals surface area contributed by atoms with Crippen LogP contribution in [0.15, 0.2) is 58.9 Å². The predicted molar refractivity (Wildman–Crippen MR) is 146 cm³/mol. The van der Waals surface area contributed by atoms with Gasteiger partial charge in [-0.1, -0.05) is 23.8 Å². The lowest BCUT2D eigenvalue weighted by Gasteiger charge is -2.36.